The number of hydrogen-bond acceptors (Lipinski definition) is 3. The predicted molar refractivity (Wildman–Crippen MR) is 64.5 cm³/mol. The molecule has 0 aromatic rings. The average molecular weight is 230 g/mol. The van der Waals surface area contributed by atoms with E-state index >= 15 is 0 Å². The van der Waals surface area contributed by atoms with Gasteiger partial charge >= 0.3 is 0 Å². The number of aliphatic hydroxyl groups is 1. The summed E-state index contributed by atoms with van der Waals surface area (Å²) in [5.74, 6) is 0. The predicted octanol–water partition coefficient (Wildman–Crippen LogP) is 2.37. The van der Waals surface area contributed by atoms with Gasteiger partial charge in [0.05, 0.1) is 32.0 Å². The molecule has 0 radical (unpaired) electrons. The third-order valence-corrected chi connectivity index (χ3v) is 2.99. The fourth-order valence-corrected chi connectivity index (χ4v) is 2.39. The zero-order valence-electron chi connectivity index (χ0n) is 10.9. The fraction of sp³-hybridized carbons (Fsp3) is 1.00. The fourth-order valence-electron chi connectivity index (χ4n) is 2.39. The van der Waals surface area contributed by atoms with E-state index in [9.17, 15) is 0 Å². The van der Waals surface area contributed by atoms with Crippen molar-refractivity contribution in [1.29, 1.82) is 0 Å². The Labute approximate surface area is 99.1 Å². The summed E-state index contributed by atoms with van der Waals surface area (Å²) >= 11 is 0. The van der Waals surface area contributed by atoms with Crippen molar-refractivity contribution >= 4 is 0 Å². The molecule has 0 atom stereocenters. The average Bonchev–Trinajstić information content (AvgIpc) is 2.11. The molecule has 1 fully saturated rings. The second-order valence-corrected chi connectivity index (χ2v) is 5.96. The van der Waals surface area contributed by atoms with Crippen molar-refractivity contribution in [2.45, 2.75) is 52.1 Å². The van der Waals surface area contributed by atoms with Crippen LogP contribution in [0.25, 0.3) is 0 Å². The smallest absolute Gasteiger partial charge is 0.0708 e. The molecule has 1 N–H and O–H groups in total. The lowest BCUT2D eigenvalue weighted by Gasteiger charge is -2.45. The van der Waals surface area contributed by atoms with Gasteiger partial charge in [-0.2, -0.15) is 0 Å². The van der Waals surface area contributed by atoms with Gasteiger partial charge in [-0.3, -0.25) is 0 Å². The molecule has 0 bridgehead atoms. The molecule has 0 unspecified atom stereocenters. The molecule has 0 amide bonds. The third-order valence-electron chi connectivity index (χ3n) is 2.99. The highest BCUT2D eigenvalue weighted by Crippen LogP contribution is 2.43. The van der Waals surface area contributed by atoms with Gasteiger partial charge in [-0.05, 0) is 31.1 Å². The summed E-state index contributed by atoms with van der Waals surface area (Å²) in [6.45, 7) is 8.53. The van der Waals surface area contributed by atoms with E-state index < -0.39 is 0 Å². The number of hydrogen-bond donors (Lipinski definition) is 1. The highest BCUT2D eigenvalue weighted by atomic mass is 16.5. The Kier molecular flexibility index (Phi) is 5.22. The minimum absolute atomic E-state index is 0.0904. The van der Waals surface area contributed by atoms with Crippen LogP contribution in [0.4, 0.5) is 0 Å². The molecule has 3 heteroatoms. The van der Waals surface area contributed by atoms with Crippen LogP contribution in [0.5, 0.6) is 0 Å². The Morgan fingerprint density at radius 3 is 2.25 bits per heavy atom. The lowest BCUT2D eigenvalue weighted by Crippen LogP contribution is -2.44. The van der Waals surface area contributed by atoms with Crippen molar-refractivity contribution in [1.82, 2.24) is 0 Å². The van der Waals surface area contributed by atoms with Crippen LogP contribution in [0.1, 0.15) is 46.5 Å². The van der Waals surface area contributed by atoms with Crippen molar-refractivity contribution in [3.05, 3.63) is 0 Å². The lowest BCUT2D eigenvalue weighted by atomic mass is 9.70. The molecule has 16 heavy (non-hydrogen) atoms. The van der Waals surface area contributed by atoms with Gasteiger partial charge in [0.15, 0.2) is 0 Å². The summed E-state index contributed by atoms with van der Waals surface area (Å²) in [6.07, 6.45) is 4.78. The van der Waals surface area contributed by atoms with Crippen LogP contribution in [-0.2, 0) is 9.47 Å². The van der Waals surface area contributed by atoms with E-state index in [2.05, 4.69) is 20.8 Å². The van der Waals surface area contributed by atoms with E-state index in [1.807, 2.05) is 0 Å². The van der Waals surface area contributed by atoms with Crippen LogP contribution >= 0.6 is 0 Å². The first-order valence-corrected chi connectivity index (χ1v) is 6.30. The first-order chi connectivity index (χ1) is 7.47. The van der Waals surface area contributed by atoms with Gasteiger partial charge in [0.25, 0.3) is 0 Å². The van der Waals surface area contributed by atoms with Crippen molar-refractivity contribution in [3.63, 3.8) is 0 Å². The van der Waals surface area contributed by atoms with Gasteiger partial charge in [0, 0.05) is 0 Å². The molecule has 1 aliphatic rings. The molecular formula is C13H26O3. The first kappa shape index (κ1) is 13.9. The Balaban J connectivity index is 2.20. The molecule has 3 nitrogen and oxygen atoms in total. The molecule has 0 heterocycles. The van der Waals surface area contributed by atoms with E-state index in [1.165, 1.54) is 19.3 Å². The molecule has 96 valence electrons. The van der Waals surface area contributed by atoms with E-state index in [0.717, 1.165) is 6.42 Å². The maximum Gasteiger partial charge on any atom is 0.0708 e. The summed E-state index contributed by atoms with van der Waals surface area (Å²) in [5, 5.41) is 8.57. The van der Waals surface area contributed by atoms with Crippen LogP contribution in [0.2, 0.25) is 0 Å². The van der Waals surface area contributed by atoms with E-state index in [1.54, 1.807) is 0 Å². The van der Waals surface area contributed by atoms with Crippen LogP contribution in [0.15, 0.2) is 0 Å². The maximum atomic E-state index is 8.57. The van der Waals surface area contributed by atoms with Gasteiger partial charge in [0.2, 0.25) is 0 Å². The van der Waals surface area contributed by atoms with E-state index in [-0.39, 0.29) is 12.2 Å². The zero-order valence-corrected chi connectivity index (χ0v) is 10.9. The molecule has 0 aromatic carbocycles. The number of rotatable bonds is 7. The Hall–Kier alpha value is -0.120. The van der Waals surface area contributed by atoms with Crippen molar-refractivity contribution in [2.75, 3.05) is 26.4 Å². The molecular weight excluding hydrogens is 204 g/mol. The highest BCUT2D eigenvalue weighted by molar-refractivity contribution is 4.93. The van der Waals surface area contributed by atoms with Crippen LogP contribution in [-0.4, -0.2) is 37.1 Å². The summed E-state index contributed by atoms with van der Waals surface area (Å²) in [5.41, 5.74) is 0.438. The largest absolute Gasteiger partial charge is 0.394 e. The molecule has 1 rings (SSSR count). The molecule has 0 aromatic heterocycles. The van der Waals surface area contributed by atoms with Crippen molar-refractivity contribution in [2.24, 2.45) is 5.41 Å². The number of ether oxygens (including phenoxy) is 2. The van der Waals surface area contributed by atoms with Gasteiger partial charge < -0.3 is 14.6 Å². The van der Waals surface area contributed by atoms with Gasteiger partial charge in [0.1, 0.15) is 0 Å². The SMILES string of the molecule is CC(C)(C)CC1(OCCOCCO)CCC1. The minimum atomic E-state index is 0.0904. The standard InChI is InChI=1S/C13H26O3/c1-12(2,3)11-13(5-4-6-13)16-10-9-15-8-7-14/h14H,4-11H2,1-3H3. The van der Waals surface area contributed by atoms with Crippen molar-refractivity contribution in [3.8, 4) is 0 Å². The Morgan fingerprint density at radius 1 is 1.12 bits per heavy atom. The second kappa shape index (κ2) is 5.99. The molecule has 1 aliphatic carbocycles. The normalized spacial score (nSPS) is 19.5. The van der Waals surface area contributed by atoms with Crippen LogP contribution in [0.3, 0.4) is 0 Å². The quantitative estimate of drug-likeness (QED) is 0.682. The Bertz CT molecular complexity index is 192. The van der Waals surface area contributed by atoms with Gasteiger partial charge in [-0.25, -0.2) is 0 Å². The number of aliphatic hydroxyl groups excluding tert-OH is 1. The topological polar surface area (TPSA) is 38.7 Å². The summed E-state index contributed by atoms with van der Waals surface area (Å²) in [6, 6.07) is 0. The van der Waals surface area contributed by atoms with Crippen LogP contribution in [0, 0.1) is 5.41 Å². The third kappa shape index (κ3) is 4.81. The van der Waals surface area contributed by atoms with Gasteiger partial charge in [-0.15, -0.1) is 0 Å². The van der Waals surface area contributed by atoms with E-state index in [0.29, 0.717) is 25.2 Å². The maximum absolute atomic E-state index is 8.57. The van der Waals surface area contributed by atoms with Gasteiger partial charge in [-0.1, -0.05) is 20.8 Å². The minimum Gasteiger partial charge on any atom is -0.394 e. The second-order valence-electron chi connectivity index (χ2n) is 5.96. The van der Waals surface area contributed by atoms with Crippen molar-refractivity contribution < 1.29 is 14.6 Å². The monoisotopic (exact) mass is 230 g/mol. The molecule has 0 spiro atoms. The Morgan fingerprint density at radius 2 is 1.81 bits per heavy atom. The zero-order chi connectivity index (χ0) is 12.1. The lowest BCUT2D eigenvalue weighted by molar-refractivity contribution is -0.133. The summed E-state index contributed by atoms with van der Waals surface area (Å²) < 4.78 is 11.2. The summed E-state index contributed by atoms with van der Waals surface area (Å²) in [4.78, 5) is 0. The molecule has 0 saturated heterocycles. The molecule has 0 aliphatic heterocycles. The molecule has 1 saturated carbocycles. The first-order valence-electron chi connectivity index (χ1n) is 6.30. The van der Waals surface area contributed by atoms with E-state index in [4.69, 9.17) is 14.6 Å². The van der Waals surface area contributed by atoms with Crippen LogP contribution < -0.4 is 0 Å². The highest BCUT2D eigenvalue weighted by Gasteiger charge is 2.40. The summed E-state index contributed by atoms with van der Waals surface area (Å²) in [7, 11) is 0.